The minimum atomic E-state index is 0.0189. The summed E-state index contributed by atoms with van der Waals surface area (Å²) in [6.45, 7) is 3.27. The smallest absolute Gasteiger partial charge is 0.254 e. The summed E-state index contributed by atoms with van der Waals surface area (Å²) in [6, 6.07) is 9.43. The van der Waals surface area contributed by atoms with Crippen molar-refractivity contribution in [3.05, 3.63) is 49.0 Å². The first kappa shape index (κ1) is 16.5. The summed E-state index contributed by atoms with van der Waals surface area (Å²) in [6.07, 6.45) is 0. The third kappa shape index (κ3) is 4.08. The van der Waals surface area contributed by atoms with E-state index in [1.165, 1.54) is 0 Å². The molecule has 0 atom stereocenters. The van der Waals surface area contributed by atoms with Crippen molar-refractivity contribution in [2.24, 2.45) is 0 Å². The zero-order valence-electron chi connectivity index (χ0n) is 11.7. The number of rotatable bonds is 5. The second-order valence-electron chi connectivity index (χ2n) is 4.37. The molecule has 3 nitrogen and oxygen atoms in total. The summed E-state index contributed by atoms with van der Waals surface area (Å²) < 4.78 is 7.05. The quantitative estimate of drug-likeness (QED) is 0.669. The molecule has 21 heavy (non-hydrogen) atoms. The molecule has 1 heterocycles. The monoisotopic (exact) mass is 431 g/mol. The van der Waals surface area contributed by atoms with E-state index in [9.17, 15) is 4.79 Å². The first-order valence-corrected chi connectivity index (χ1v) is 8.82. The molecule has 0 aliphatic heterocycles. The van der Waals surface area contributed by atoms with Gasteiger partial charge in [-0.1, -0.05) is 0 Å². The van der Waals surface area contributed by atoms with Gasteiger partial charge in [-0.25, -0.2) is 0 Å². The Kier molecular flexibility index (Phi) is 5.84. The third-order valence-electron chi connectivity index (χ3n) is 3.04. The highest BCUT2D eigenvalue weighted by molar-refractivity contribution is 9.11. The number of hydrogen-bond acceptors (Lipinski definition) is 3. The Morgan fingerprint density at radius 2 is 2.05 bits per heavy atom. The highest BCUT2D eigenvalue weighted by atomic mass is 79.9. The van der Waals surface area contributed by atoms with E-state index in [4.69, 9.17) is 4.74 Å². The maximum atomic E-state index is 12.6. The average Bonchev–Trinajstić information content (AvgIpc) is 2.89. The highest BCUT2D eigenvalue weighted by Crippen LogP contribution is 2.27. The normalized spacial score (nSPS) is 10.5. The summed E-state index contributed by atoms with van der Waals surface area (Å²) in [5.74, 6) is 0.738. The van der Waals surface area contributed by atoms with Crippen LogP contribution in [0.5, 0.6) is 5.75 Å². The van der Waals surface area contributed by atoms with Gasteiger partial charge >= 0.3 is 0 Å². The van der Waals surface area contributed by atoms with E-state index in [2.05, 4.69) is 31.9 Å². The van der Waals surface area contributed by atoms with Crippen molar-refractivity contribution in [2.75, 3.05) is 13.7 Å². The fourth-order valence-corrected chi connectivity index (χ4v) is 3.97. The molecule has 1 aromatic heterocycles. The topological polar surface area (TPSA) is 29.5 Å². The average molecular weight is 433 g/mol. The number of nitrogens with zero attached hydrogens (tertiary/aromatic N) is 1. The molecule has 1 aromatic carbocycles. The molecule has 2 rings (SSSR count). The number of halogens is 2. The van der Waals surface area contributed by atoms with Crippen LogP contribution in [0.1, 0.15) is 22.2 Å². The Morgan fingerprint density at radius 3 is 2.57 bits per heavy atom. The van der Waals surface area contributed by atoms with Crippen molar-refractivity contribution in [3.63, 3.8) is 0 Å². The predicted molar refractivity (Wildman–Crippen MR) is 93.1 cm³/mol. The van der Waals surface area contributed by atoms with E-state index < -0.39 is 0 Å². The molecular weight excluding hydrogens is 418 g/mol. The van der Waals surface area contributed by atoms with Crippen LogP contribution in [-0.2, 0) is 6.54 Å². The van der Waals surface area contributed by atoms with Crippen LogP contribution in [0.15, 0.2) is 38.6 Å². The van der Waals surface area contributed by atoms with Gasteiger partial charge in [0.1, 0.15) is 5.75 Å². The summed E-state index contributed by atoms with van der Waals surface area (Å²) in [5, 5.41) is 0. The summed E-state index contributed by atoms with van der Waals surface area (Å²) in [4.78, 5) is 15.6. The zero-order valence-corrected chi connectivity index (χ0v) is 15.7. The maximum absolute atomic E-state index is 12.6. The molecule has 0 saturated heterocycles. The van der Waals surface area contributed by atoms with Gasteiger partial charge in [0.15, 0.2) is 0 Å². The van der Waals surface area contributed by atoms with Crippen LogP contribution in [0.25, 0.3) is 0 Å². The molecule has 0 spiro atoms. The van der Waals surface area contributed by atoms with Crippen LogP contribution >= 0.6 is 43.2 Å². The molecule has 0 N–H and O–H groups in total. The summed E-state index contributed by atoms with van der Waals surface area (Å²) in [7, 11) is 1.61. The number of thiophene rings is 1. The van der Waals surface area contributed by atoms with Gasteiger partial charge in [-0.3, -0.25) is 4.79 Å². The van der Waals surface area contributed by atoms with Crippen molar-refractivity contribution in [1.82, 2.24) is 4.90 Å². The molecule has 112 valence electrons. The lowest BCUT2D eigenvalue weighted by molar-refractivity contribution is 0.0754. The number of hydrogen-bond donors (Lipinski definition) is 0. The second kappa shape index (κ2) is 7.42. The largest absolute Gasteiger partial charge is 0.496 e. The Morgan fingerprint density at radius 1 is 1.29 bits per heavy atom. The summed E-state index contributed by atoms with van der Waals surface area (Å²) in [5.41, 5.74) is 0.653. The third-order valence-corrected chi connectivity index (χ3v) is 5.27. The van der Waals surface area contributed by atoms with Gasteiger partial charge in [0.25, 0.3) is 5.91 Å². The Hall–Kier alpha value is -0.850. The predicted octanol–water partition coefficient (Wildman–Crippen LogP) is 4.94. The van der Waals surface area contributed by atoms with Gasteiger partial charge in [0, 0.05) is 17.0 Å². The highest BCUT2D eigenvalue weighted by Gasteiger charge is 2.16. The Bertz CT molecular complexity index is 642. The molecule has 0 saturated carbocycles. The molecule has 2 aromatic rings. The second-order valence-corrected chi connectivity index (χ2v) is 7.78. The van der Waals surface area contributed by atoms with Gasteiger partial charge in [0.05, 0.1) is 21.9 Å². The van der Waals surface area contributed by atoms with Crippen LogP contribution in [0.2, 0.25) is 0 Å². The molecular formula is C15H15Br2NO2S. The van der Waals surface area contributed by atoms with Crippen molar-refractivity contribution < 1.29 is 9.53 Å². The Balaban J connectivity index is 2.17. The van der Waals surface area contributed by atoms with Crippen molar-refractivity contribution in [3.8, 4) is 5.75 Å². The van der Waals surface area contributed by atoms with E-state index >= 15 is 0 Å². The number of carbonyl (C=O) groups excluding carboxylic acids is 1. The van der Waals surface area contributed by atoms with E-state index in [0.29, 0.717) is 18.7 Å². The maximum Gasteiger partial charge on any atom is 0.254 e. The van der Waals surface area contributed by atoms with Crippen LogP contribution in [0.4, 0.5) is 0 Å². The molecule has 6 heteroatoms. The first-order chi connectivity index (χ1) is 10.0. The molecule has 0 unspecified atom stereocenters. The zero-order chi connectivity index (χ0) is 15.4. The lowest BCUT2D eigenvalue weighted by atomic mass is 10.2. The molecule has 0 aliphatic carbocycles. The number of amides is 1. The van der Waals surface area contributed by atoms with Crippen molar-refractivity contribution >= 4 is 49.1 Å². The number of benzene rings is 1. The fourth-order valence-electron chi connectivity index (χ4n) is 1.93. The van der Waals surface area contributed by atoms with Gasteiger partial charge < -0.3 is 9.64 Å². The Labute approximate surface area is 145 Å². The molecule has 1 amide bonds. The number of carbonyl (C=O) groups is 1. The van der Waals surface area contributed by atoms with Crippen LogP contribution < -0.4 is 4.74 Å². The van der Waals surface area contributed by atoms with E-state index in [0.717, 1.165) is 18.9 Å². The molecule has 0 bridgehead atoms. The molecule has 0 radical (unpaired) electrons. The minimum Gasteiger partial charge on any atom is -0.496 e. The van der Waals surface area contributed by atoms with Gasteiger partial charge in [-0.05, 0) is 69.1 Å². The van der Waals surface area contributed by atoms with Gasteiger partial charge in [-0.15, -0.1) is 11.3 Å². The van der Waals surface area contributed by atoms with Crippen LogP contribution in [0.3, 0.4) is 0 Å². The van der Waals surface area contributed by atoms with E-state index in [1.807, 2.05) is 24.0 Å². The van der Waals surface area contributed by atoms with Crippen molar-refractivity contribution in [1.29, 1.82) is 0 Å². The summed E-state index contributed by atoms with van der Waals surface area (Å²) >= 11 is 8.51. The molecule has 0 fully saturated rings. The lowest BCUT2D eigenvalue weighted by Gasteiger charge is -2.20. The lowest BCUT2D eigenvalue weighted by Crippen LogP contribution is -2.29. The standard InChI is InChI=1S/C15H15Br2NO2S/c1-3-18(9-11-5-7-14(17)21-11)15(19)10-4-6-13(20-2)12(16)8-10/h4-8H,3,9H2,1-2H3. The number of methoxy groups -OCH3 is 1. The number of ether oxygens (including phenoxy) is 1. The van der Waals surface area contributed by atoms with Crippen molar-refractivity contribution in [2.45, 2.75) is 13.5 Å². The first-order valence-electron chi connectivity index (χ1n) is 6.42. The SMILES string of the molecule is CCN(Cc1ccc(Br)s1)C(=O)c1ccc(OC)c(Br)c1. The van der Waals surface area contributed by atoms with E-state index in [1.54, 1.807) is 36.6 Å². The fraction of sp³-hybridized carbons (Fsp3) is 0.267. The van der Waals surface area contributed by atoms with Crippen LogP contribution in [0, 0.1) is 0 Å². The van der Waals surface area contributed by atoms with E-state index in [-0.39, 0.29) is 5.91 Å². The van der Waals surface area contributed by atoms with Crippen LogP contribution in [-0.4, -0.2) is 24.5 Å². The van der Waals surface area contributed by atoms with Gasteiger partial charge in [-0.2, -0.15) is 0 Å². The van der Waals surface area contributed by atoms with Gasteiger partial charge in [0.2, 0.25) is 0 Å². The minimum absolute atomic E-state index is 0.0189. The molecule has 0 aliphatic rings.